The van der Waals surface area contributed by atoms with E-state index < -0.39 is 0 Å². The van der Waals surface area contributed by atoms with E-state index in [4.69, 9.17) is 4.99 Å². The van der Waals surface area contributed by atoms with Crippen molar-refractivity contribution >= 4 is 11.8 Å². The maximum atomic E-state index is 4.76. The lowest BCUT2D eigenvalue weighted by Gasteiger charge is -2.27. The molecule has 0 radical (unpaired) electrons. The molecule has 1 saturated heterocycles. The number of benzene rings is 1. The highest BCUT2D eigenvalue weighted by molar-refractivity contribution is 5.79. The number of aromatic nitrogens is 1. The molecule has 0 aliphatic carbocycles. The van der Waals surface area contributed by atoms with E-state index in [1.807, 2.05) is 6.20 Å². The molecule has 27 heavy (non-hydrogen) atoms. The van der Waals surface area contributed by atoms with Gasteiger partial charge in [0.2, 0.25) is 0 Å². The zero-order chi connectivity index (χ0) is 18.9. The first-order valence-electron chi connectivity index (χ1n) is 10.0. The lowest BCUT2D eigenvalue weighted by atomic mass is 10.1. The van der Waals surface area contributed by atoms with Gasteiger partial charge in [0.1, 0.15) is 5.82 Å². The van der Waals surface area contributed by atoms with Crippen molar-refractivity contribution in [3.8, 4) is 0 Å². The summed E-state index contributed by atoms with van der Waals surface area (Å²) in [6, 6.07) is 12.7. The number of aryl methyl sites for hydroxylation is 1. The van der Waals surface area contributed by atoms with Crippen LogP contribution in [0.2, 0.25) is 0 Å². The van der Waals surface area contributed by atoms with Gasteiger partial charge >= 0.3 is 0 Å². The number of guanidine groups is 1. The Morgan fingerprint density at radius 1 is 1.11 bits per heavy atom. The topological polar surface area (TPSA) is 52.6 Å². The van der Waals surface area contributed by atoms with Crippen molar-refractivity contribution < 1.29 is 0 Å². The molecule has 1 aliphatic heterocycles. The van der Waals surface area contributed by atoms with Gasteiger partial charge in [0.15, 0.2) is 5.96 Å². The number of piperidine rings is 1. The van der Waals surface area contributed by atoms with Crippen LogP contribution in [-0.4, -0.2) is 30.6 Å². The van der Waals surface area contributed by atoms with Crippen LogP contribution in [-0.2, 0) is 13.1 Å². The second-order valence-electron chi connectivity index (χ2n) is 7.05. The molecule has 2 N–H and O–H groups in total. The lowest BCUT2D eigenvalue weighted by molar-refractivity contribution is 0.573. The number of hydrogen-bond donors (Lipinski definition) is 2. The number of rotatable bonds is 6. The Bertz CT molecular complexity index is 750. The summed E-state index contributed by atoms with van der Waals surface area (Å²) in [6.45, 7) is 8.71. The summed E-state index contributed by atoms with van der Waals surface area (Å²) < 4.78 is 0. The number of pyridine rings is 1. The lowest BCUT2D eigenvalue weighted by Crippen LogP contribution is -2.37. The second kappa shape index (κ2) is 9.95. The molecule has 144 valence electrons. The molecule has 1 aromatic heterocycles. The van der Waals surface area contributed by atoms with E-state index in [2.05, 4.69) is 70.8 Å². The smallest absolute Gasteiger partial charge is 0.191 e. The fourth-order valence-corrected chi connectivity index (χ4v) is 3.35. The molecule has 0 atom stereocenters. The van der Waals surface area contributed by atoms with Crippen molar-refractivity contribution in [2.75, 3.05) is 24.5 Å². The number of nitrogens with one attached hydrogen (secondary N) is 2. The summed E-state index contributed by atoms with van der Waals surface area (Å²) >= 11 is 0. The summed E-state index contributed by atoms with van der Waals surface area (Å²) in [4.78, 5) is 11.7. The third-order valence-electron chi connectivity index (χ3n) is 4.96. The SMILES string of the molecule is CCNC(=NCc1ccnc(N2CCCCC2)c1)NCc1ccccc1C. The normalized spacial score (nSPS) is 14.9. The van der Waals surface area contributed by atoms with E-state index in [1.165, 1.54) is 36.0 Å². The van der Waals surface area contributed by atoms with Gasteiger partial charge in [-0.1, -0.05) is 24.3 Å². The highest BCUT2D eigenvalue weighted by Crippen LogP contribution is 2.18. The van der Waals surface area contributed by atoms with Crippen molar-refractivity contribution in [1.29, 1.82) is 0 Å². The number of hydrogen-bond acceptors (Lipinski definition) is 3. The molecule has 0 saturated carbocycles. The van der Waals surface area contributed by atoms with Gasteiger partial charge in [-0.2, -0.15) is 0 Å². The van der Waals surface area contributed by atoms with E-state index in [1.54, 1.807) is 0 Å². The Morgan fingerprint density at radius 2 is 1.93 bits per heavy atom. The molecule has 5 heteroatoms. The minimum absolute atomic E-state index is 0.645. The molecule has 1 aliphatic rings. The van der Waals surface area contributed by atoms with Gasteiger partial charge in [-0.05, 0) is 61.9 Å². The molecular formula is C22H31N5. The maximum Gasteiger partial charge on any atom is 0.191 e. The standard InChI is InChI=1S/C22H31N5/c1-3-23-22(26-17-20-10-6-5-9-18(20)2)25-16-19-11-12-24-21(15-19)27-13-7-4-8-14-27/h5-6,9-12,15H,3-4,7-8,13-14,16-17H2,1-2H3,(H2,23,25,26). The van der Waals surface area contributed by atoms with Gasteiger partial charge in [-0.3, -0.25) is 0 Å². The van der Waals surface area contributed by atoms with Gasteiger partial charge in [-0.15, -0.1) is 0 Å². The summed E-state index contributed by atoms with van der Waals surface area (Å²) in [7, 11) is 0. The Balaban J connectivity index is 1.63. The molecule has 2 heterocycles. The van der Waals surface area contributed by atoms with Crippen molar-refractivity contribution in [2.45, 2.75) is 46.2 Å². The van der Waals surface area contributed by atoms with Crippen LogP contribution in [0, 0.1) is 6.92 Å². The molecular weight excluding hydrogens is 334 g/mol. The molecule has 2 aromatic rings. The van der Waals surface area contributed by atoms with E-state index in [0.29, 0.717) is 6.54 Å². The van der Waals surface area contributed by atoms with Crippen molar-refractivity contribution in [1.82, 2.24) is 15.6 Å². The maximum absolute atomic E-state index is 4.76. The van der Waals surface area contributed by atoms with Crippen LogP contribution in [0.3, 0.4) is 0 Å². The largest absolute Gasteiger partial charge is 0.357 e. The van der Waals surface area contributed by atoms with Crippen LogP contribution in [0.4, 0.5) is 5.82 Å². The van der Waals surface area contributed by atoms with Crippen molar-refractivity contribution in [3.05, 3.63) is 59.3 Å². The van der Waals surface area contributed by atoms with Gasteiger partial charge < -0.3 is 15.5 Å². The zero-order valence-electron chi connectivity index (χ0n) is 16.5. The molecule has 5 nitrogen and oxygen atoms in total. The van der Waals surface area contributed by atoms with Gasteiger partial charge in [0.25, 0.3) is 0 Å². The van der Waals surface area contributed by atoms with Crippen LogP contribution in [0.15, 0.2) is 47.6 Å². The van der Waals surface area contributed by atoms with E-state index in [-0.39, 0.29) is 0 Å². The summed E-state index contributed by atoms with van der Waals surface area (Å²) in [6.07, 6.45) is 5.76. The Morgan fingerprint density at radius 3 is 2.70 bits per heavy atom. The third kappa shape index (κ3) is 5.71. The number of aliphatic imine (C=N–C) groups is 1. The zero-order valence-corrected chi connectivity index (χ0v) is 16.5. The van der Waals surface area contributed by atoms with E-state index in [0.717, 1.165) is 38.0 Å². The average Bonchev–Trinajstić information content (AvgIpc) is 2.72. The third-order valence-corrected chi connectivity index (χ3v) is 4.96. The number of nitrogens with zero attached hydrogens (tertiary/aromatic N) is 3. The fourth-order valence-electron chi connectivity index (χ4n) is 3.35. The van der Waals surface area contributed by atoms with E-state index >= 15 is 0 Å². The van der Waals surface area contributed by atoms with Crippen LogP contribution < -0.4 is 15.5 Å². The van der Waals surface area contributed by atoms with Gasteiger partial charge in [0.05, 0.1) is 6.54 Å². The second-order valence-corrected chi connectivity index (χ2v) is 7.05. The summed E-state index contributed by atoms with van der Waals surface area (Å²) in [5.41, 5.74) is 3.78. The van der Waals surface area contributed by atoms with Crippen molar-refractivity contribution in [3.63, 3.8) is 0 Å². The number of anilines is 1. The average molecular weight is 366 g/mol. The van der Waals surface area contributed by atoms with Crippen molar-refractivity contribution in [2.24, 2.45) is 4.99 Å². The first-order chi connectivity index (χ1) is 13.3. The van der Waals surface area contributed by atoms with Crippen LogP contribution in [0.25, 0.3) is 0 Å². The quantitative estimate of drug-likeness (QED) is 0.606. The van der Waals surface area contributed by atoms with Crippen LogP contribution >= 0.6 is 0 Å². The molecule has 1 aromatic carbocycles. The first kappa shape index (κ1) is 19.2. The minimum Gasteiger partial charge on any atom is -0.357 e. The fraction of sp³-hybridized carbons (Fsp3) is 0.455. The predicted octanol–water partition coefficient (Wildman–Crippen LogP) is 3.64. The van der Waals surface area contributed by atoms with Crippen LogP contribution in [0.1, 0.15) is 42.9 Å². The molecule has 0 unspecified atom stereocenters. The Hall–Kier alpha value is -2.56. The van der Waals surface area contributed by atoms with Crippen LogP contribution in [0.5, 0.6) is 0 Å². The minimum atomic E-state index is 0.645. The molecule has 0 spiro atoms. The van der Waals surface area contributed by atoms with E-state index in [9.17, 15) is 0 Å². The summed E-state index contributed by atoms with van der Waals surface area (Å²) in [5.74, 6) is 1.93. The van der Waals surface area contributed by atoms with Gasteiger partial charge in [-0.25, -0.2) is 9.98 Å². The Labute approximate surface area is 162 Å². The molecule has 1 fully saturated rings. The predicted molar refractivity (Wildman–Crippen MR) is 113 cm³/mol. The molecule has 3 rings (SSSR count). The highest BCUT2D eigenvalue weighted by atomic mass is 15.2. The molecule has 0 amide bonds. The highest BCUT2D eigenvalue weighted by Gasteiger charge is 2.12. The summed E-state index contributed by atoms with van der Waals surface area (Å²) in [5, 5.41) is 6.77. The van der Waals surface area contributed by atoms with Gasteiger partial charge in [0, 0.05) is 32.4 Å². The first-order valence-corrected chi connectivity index (χ1v) is 10.0. The molecule has 0 bridgehead atoms. The Kier molecular flexibility index (Phi) is 7.08. The monoisotopic (exact) mass is 365 g/mol.